The van der Waals surface area contributed by atoms with E-state index in [2.05, 4.69) is 20.6 Å². The predicted octanol–water partition coefficient (Wildman–Crippen LogP) is 1.84. The van der Waals surface area contributed by atoms with Crippen LogP contribution in [0.3, 0.4) is 0 Å². The van der Waals surface area contributed by atoms with E-state index in [0.29, 0.717) is 25.2 Å². The minimum Gasteiger partial charge on any atom is -0.469 e. The van der Waals surface area contributed by atoms with Crippen LogP contribution in [0.5, 0.6) is 0 Å². The summed E-state index contributed by atoms with van der Waals surface area (Å²) in [4.78, 5) is 12.1. The van der Waals surface area contributed by atoms with Gasteiger partial charge in [-0.25, -0.2) is 0 Å². The summed E-state index contributed by atoms with van der Waals surface area (Å²) in [6.07, 6.45) is 2.28. The highest BCUT2D eigenvalue weighted by Gasteiger charge is 2.11. The first-order valence-electron chi connectivity index (χ1n) is 7.48. The van der Waals surface area contributed by atoms with Gasteiger partial charge in [-0.3, -0.25) is 14.6 Å². The summed E-state index contributed by atoms with van der Waals surface area (Å²) in [5, 5.41) is 14.2. The molecule has 0 saturated heterocycles. The third kappa shape index (κ3) is 3.68. The van der Waals surface area contributed by atoms with Gasteiger partial charge in [0.1, 0.15) is 11.5 Å². The van der Waals surface area contributed by atoms with E-state index in [1.165, 1.54) is 0 Å². The molecule has 7 heteroatoms. The zero-order valence-corrected chi connectivity index (χ0v) is 13.2. The molecule has 2 N–H and O–H groups in total. The molecule has 0 aromatic carbocycles. The summed E-state index contributed by atoms with van der Waals surface area (Å²) in [6, 6.07) is 7.47. The lowest BCUT2D eigenvalue weighted by atomic mass is 10.3. The minimum absolute atomic E-state index is 0.201. The molecule has 0 saturated carbocycles. The standard InChI is InChI=1S/C16H19N5O2/c1-11-8-12(2)21(20-11)10-13-9-15(19-18-13)16(22)17-6-5-14-4-3-7-23-14/h3-4,7-9H,5-6,10H2,1-2H3,(H,17,22)(H,18,19). The molecule has 1 amide bonds. The average molecular weight is 313 g/mol. The molecule has 3 heterocycles. The highest BCUT2D eigenvalue weighted by molar-refractivity contribution is 5.92. The van der Waals surface area contributed by atoms with Gasteiger partial charge in [0.05, 0.1) is 24.2 Å². The van der Waals surface area contributed by atoms with Gasteiger partial charge in [0.15, 0.2) is 0 Å². The number of nitrogens with one attached hydrogen (secondary N) is 2. The SMILES string of the molecule is Cc1cc(C)n(Cc2cc(C(=O)NCCc3ccco3)n[nH]2)n1. The predicted molar refractivity (Wildman–Crippen MR) is 84.1 cm³/mol. The van der Waals surface area contributed by atoms with Crippen molar-refractivity contribution in [1.29, 1.82) is 0 Å². The lowest BCUT2D eigenvalue weighted by Gasteiger charge is -2.01. The van der Waals surface area contributed by atoms with Crippen LogP contribution < -0.4 is 5.32 Å². The molecule has 7 nitrogen and oxygen atoms in total. The molecule has 0 spiro atoms. The molecule has 3 aromatic rings. The van der Waals surface area contributed by atoms with Crippen LogP contribution in [0, 0.1) is 13.8 Å². The number of aromatic nitrogens is 4. The lowest BCUT2D eigenvalue weighted by molar-refractivity contribution is 0.0948. The van der Waals surface area contributed by atoms with Gasteiger partial charge in [-0.15, -0.1) is 0 Å². The van der Waals surface area contributed by atoms with E-state index >= 15 is 0 Å². The summed E-state index contributed by atoms with van der Waals surface area (Å²) in [5.41, 5.74) is 3.26. The quantitative estimate of drug-likeness (QED) is 0.726. The number of amides is 1. The molecule has 0 radical (unpaired) electrons. The molecule has 3 aromatic heterocycles. The van der Waals surface area contributed by atoms with Crippen LogP contribution >= 0.6 is 0 Å². The Labute approximate surface area is 133 Å². The number of hydrogen-bond acceptors (Lipinski definition) is 4. The van der Waals surface area contributed by atoms with Crippen LogP contribution in [0.1, 0.15) is 33.3 Å². The fourth-order valence-electron chi connectivity index (χ4n) is 2.40. The second-order valence-electron chi connectivity index (χ2n) is 5.45. The van der Waals surface area contributed by atoms with Crippen LogP contribution in [0.25, 0.3) is 0 Å². The third-order valence-corrected chi connectivity index (χ3v) is 3.52. The molecular weight excluding hydrogens is 294 g/mol. The Bertz CT molecular complexity index is 785. The highest BCUT2D eigenvalue weighted by atomic mass is 16.3. The van der Waals surface area contributed by atoms with E-state index in [0.717, 1.165) is 22.8 Å². The molecule has 120 valence electrons. The van der Waals surface area contributed by atoms with E-state index in [1.807, 2.05) is 36.7 Å². The maximum Gasteiger partial charge on any atom is 0.271 e. The molecule has 0 aliphatic carbocycles. The molecule has 3 rings (SSSR count). The van der Waals surface area contributed by atoms with Gasteiger partial charge in [-0.05, 0) is 38.1 Å². The van der Waals surface area contributed by atoms with Gasteiger partial charge < -0.3 is 9.73 Å². The van der Waals surface area contributed by atoms with Gasteiger partial charge in [-0.2, -0.15) is 10.2 Å². The number of furan rings is 1. The highest BCUT2D eigenvalue weighted by Crippen LogP contribution is 2.07. The maximum atomic E-state index is 12.1. The summed E-state index contributed by atoms with van der Waals surface area (Å²) in [7, 11) is 0. The van der Waals surface area contributed by atoms with Crippen molar-refractivity contribution in [2.45, 2.75) is 26.8 Å². The normalized spacial score (nSPS) is 10.9. The summed E-state index contributed by atoms with van der Waals surface area (Å²) in [5.74, 6) is 0.643. The number of carbonyl (C=O) groups excluding carboxylic acids is 1. The molecule has 0 unspecified atom stereocenters. The zero-order chi connectivity index (χ0) is 16.2. The van der Waals surface area contributed by atoms with Crippen molar-refractivity contribution in [2.24, 2.45) is 0 Å². The van der Waals surface area contributed by atoms with E-state index in [-0.39, 0.29) is 5.91 Å². The number of nitrogens with zero attached hydrogens (tertiary/aromatic N) is 3. The Balaban J connectivity index is 1.55. The Kier molecular flexibility index (Phi) is 4.27. The van der Waals surface area contributed by atoms with Crippen molar-refractivity contribution >= 4 is 5.91 Å². The number of hydrogen-bond donors (Lipinski definition) is 2. The van der Waals surface area contributed by atoms with Crippen molar-refractivity contribution in [1.82, 2.24) is 25.3 Å². The molecule has 0 aliphatic rings. The van der Waals surface area contributed by atoms with Crippen molar-refractivity contribution in [3.63, 3.8) is 0 Å². The first-order chi connectivity index (χ1) is 11.1. The Morgan fingerprint density at radius 2 is 2.26 bits per heavy atom. The lowest BCUT2D eigenvalue weighted by Crippen LogP contribution is -2.25. The smallest absolute Gasteiger partial charge is 0.271 e. The van der Waals surface area contributed by atoms with E-state index in [4.69, 9.17) is 4.42 Å². The van der Waals surface area contributed by atoms with Gasteiger partial charge in [-0.1, -0.05) is 0 Å². The molecular formula is C16H19N5O2. The molecule has 23 heavy (non-hydrogen) atoms. The summed E-state index contributed by atoms with van der Waals surface area (Å²) >= 11 is 0. The van der Waals surface area contributed by atoms with E-state index in [9.17, 15) is 4.79 Å². The largest absolute Gasteiger partial charge is 0.469 e. The van der Waals surface area contributed by atoms with Crippen LogP contribution in [-0.4, -0.2) is 32.4 Å². The van der Waals surface area contributed by atoms with E-state index < -0.39 is 0 Å². The second kappa shape index (κ2) is 6.51. The van der Waals surface area contributed by atoms with E-state index in [1.54, 1.807) is 12.3 Å². The van der Waals surface area contributed by atoms with Gasteiger partial charge >= 0.3 is 0 Å². The number of aryl methyl sites for hydroxylation is 2. The first kappa shape index (κ1) is 15.1. The Morgan fingerprint density at radius 3 is 2.96 bits per heavy atom. The second-order valence-corrected chi connectivity index (χ2v) is 5.45. The van der Waals surface area contributed by atoms with Crippen LogP contribution in [0.2, 0.25) is 0 Å². The molecule has 0 fully saturated rings. The molecule has 0 atom stereocenters. The monoisotopic (exact) mass is 313 g/mol. The number of aromatic amines is 1. The Morgan fingerprint density at radius 1 is 1.39 bits per heavy atom. The van der Waals surface area contributed by atoms with Gasteiger partial charge in [0.25, 0.3) is 5.91 Å². The maximum absolute atomic E-state index is 12.1. The van der Waals surface area contributed by atoms with Crippen LogP contribution in [0.15, 0.2) is 34.9 Å². The summed E-state index contributed by atoms with van der Waals surface area (Å²) < 4.78 is 7.10. The fraction of sp³-hybridized carbons (Fsp3) is 0.312. The fourth-order valence-corrected chi connectivity index (χ4v) is 2.40. The molecule has 0 bridgehead atoms. The topological polar surface area (TPSA) is 88.7 Å². The van der Waals surface area contributed by atoms with Crippen LogP contribution in [-0.2, 0) is 13.0 Å². The van der Waals surface area contributed by atoms with Crippen molar-refractivity contribution < 1.29 is 9.21 Å². The van der Waals surface area contributed by atoms with Crippen molar-refractivity contribution in [3.8, 4) is 0 Å². The average Bonchev–Trinajstić information content (AvgIpc) is 3.22. The van der Waals surface area contributed by atoms with Crippen molar-refractivity contribution in [3.05, 3.63) is 59.1 Å². The number of rotatable bonds is 6. The van der Waals surface area contributed by atoms with Gasteiger partial charge in [0, 0.05) is 18.7 Å². The van der Waals surface area contributed by atoms with Crippen molar-refractivity contribution in [2.75, 3.05) is 6.54 Å². The third-order valence-electron chi connectivity index (χ3n) is 3.52. The van der Waals surface area contributed by atoms with Gasteiger partial charge in [0.2, 0.25) is 0 Å². The Hall–Kier alpha value is -2.83. The summed E-state index contributed by atoms with van der Waals surface area (Å²) in [6.45, 7) is 5.02. The number of H-pyrrole nitrogens is 1. The van der Waals surface area contributed by atoms with Crippen LogP contribution in [0.4, 0.5) is 0 Å². The molecule has 0 aliphatic heterocycles. The minimum atomic E-state index is -0.201. The zero-order valence-electron chi connectivity index (χ0n) is 13.2. The number of carbonyl (C=O) groups is 1. The first-order valence-corrected chi connectivity index (χ1v) is 7.48.